The van der Waals surface area contributed by atoms with Crippen LogP contribution in [0.15, 0.2) is 12.3 Å². The maximum absolute atomic E-state index is 5.83. The predicted octanol–water partition coefficient (Wildman–Crippen LogP) is 2.11. The number of hydrogen-bond acceptors (Lipinski definition) is 2. The zero-order valence-electron chi connectivity index (χ0n) is 7.34. The molecule has 2 N–H and O–H groups in total. The number of pyridine rings is 1. The van der Waals surface area contributed by atoms with Gasteiger partial charge in [-0.1, -0.05) is 18.5 Å². The van der Waals surface area contributed by atoms with Gasteiger partial charge in [0.1, 0.15) is 0 Å². The molecule has 0 radical (unpaired) electrons. The first kappa shape index (κ1) is 9.49. The Morgan fingerprint density at radius 1 is 1.67 bits per heavy atom. The maximum Gasteiger partial charge on any atom is 0.0618 e. The minimum absolute atomic E-state index is 0.306. The molecule has 1 unspecified atom stereocenters. The minimum Gasteiger partial charge on any atom is -0.330 e. The third kappa shape index (κ3) is 1.96. The standard InChI is InChI=1S/C9H13ClN2/c1-6-3-9(7(2)4-11)12-5-8(6)10/h3,5,7H,4,11H2,1-2H3. The molecule has 0 amide bonds. The van der Waals surface area contributed by atoms with Crippen molar-refractivity contribution in [1.82, 2.24) is 4.98 Å². The molecular weight excluding hydrogens is 172 g/mol. The Morgan fingerprint density at radius 2 is 2.33 bits per heavy atom. The first-order chi connectivity index (χ1) is 5.65. The largest absolute Gasteiger partial charge is 0.330 e. The Kier molecular flexibility index (Phi) is 3.06. The van der Waals surface area contributed by atoms with Crippen LogP contribution >= 0.6 is 11.6 Å². The molecule has 66 valence electrons. The van der Waals surface area contributed by atoms with E-state index in [9.17, 15) is 0 Å². The van der Waals surface area contributed by atoms with Gasteiger partial charge in [-0.05, 0) is 18.6 Å². The highest BCUT2D eigenvalue weighted by molar-refractivity contribution is 6.31. The van der Waals surface area contributed by atoms with Crippen LogP contribution in [0.2, 0.25) is 5.02 Å². The van der Waals surface area contributed by atoms with Gasteiger partial charge >= 0.3 is 0 Å². The van der Waals surface area contributed by atoms with Crippen molar-refractivity contribution < 1.29 is 0 Å². The Hall–Kier alpha value is -0.600. The van der Waals surface area contributed by atoms with Crippen molar-refractivity contribution in [2.45, 2.75) is 19.8 Å². The van der Waals surface area contributed by atoms with Crippen molar-refractivity contribution >= 4 is 11.6 Å². The Bertz CT molecular complexity index is 273. The summed E-state index contributed by atoms with van der Waals surface area (Å²) in [5, 5.41) is 0.711. The highest BCUT2D eigenvalue weighted by Gasteiger charge is 2.05. The van der Waals surface area contributed by atoms with Gasteiger partial charge in [-0.3, -0.25) is 4.98 Å². The lowest BCUT2D eigenvalue weighted by Gasteiger charge is -2.08. The van der Waals surface area contributed by atoms with Crippen molar-refractivity contribution in [2.75, 3.05) is 6.54 Å². The van der Waals surface area contributed by atoms with Crippen LogP contribution in [0.3, 0.4) is 0 Å². The molecule has 3 heteroatoms. The molecule has 12 heavy (non-hydrogen) atoms. The van der Waals surface area contributed by atoms with Crippen LogP contribution in [0.25, 0.3) is 0 Å². The highest BCUT2D eigenvalue weighted by Crippen LogP contribution is 2.18. The summed E-state index contributed by atoms with van der Waals surface area (Å²) in [5.41, 5.74) is 7.59. The Balaban J connectivity index is 2.96. The van der Waals surface area contributed by atoms with Crippen molar-refractivity contribution in [1.29, 1.82) is 0 Å². The van der Waals surface area contributed by atoms with Crippen LogP contribution in [-0.4, -0.2) is 11.5 Å². The zero-order valence-corrected chi connectivity index (χ0v) is 8.10. The van der Waals surface area contributed by atoms with E-state index in [0.717, 1.165) is 11.3 Å². The normalized spacial score (nSPS) is 13.0. The fourth-order valence-electron chi connectivity index (χ4n) is 0.951. The molecule has 0 fully saturated rings. The molecule has 0 aliphatic rings. The average Bonchev–Trinajstić information content (AvgIpc) is 2.08. The SMILES string of the molecule is Cc1cc(C(C)CN)ncc1Cl. The summed E-state index contributed by atoms with van der Waals surface area (Å²) in [5.74, 6) is 0.306. The molecule has 0 bridgehead atoms. The van der Waals surface area contributed by atoms with E-state index in [2.05, 4.69) is 11.9 Å². The molecule has 0 saturated carbocycles. The summed E-state index contributed by atoms with van der Waals surface area (Å²) in [4.78, 5) is 4.20. The molecule has 1 aromatic heterocycles. The van der Waals surface area contributed by atoms with E-state index in [1.54, 1.807) is 6.20 Å². The first-order valence-corrected chi connectivity index (χ1v) is 4.35. The molecule has 0 aliphatic carbocycles. The van der Waals surface area contributed by atoms with Gasteiger partial charge in [0.15, 0.2) is 0 Å². The zero-order chi connectivity index (χ0) is 9.14. The van der Waals surface area contributed by atoms with E-state index in [-0.39, 0.29) is 0 Å². The number of rotatable bonds is 2. The van der Waals surface area contributed by atoms with E-state index in [1.807, 2.05) is 13.0 Å². The van der Waals surface area contributed by atoms with Gasteiger partial charge < -0.3 is 5.73 Å². The maximum atomic E-state index is 5.83. The van der Waals surface area contributed by atoms with Crippen LogP contribution in [0.4, 0.5) is 0 Å². The quantitative estimate of drug-likeness (QED) is 0.765. The van der Waals surface area contributed by atoms with Gasteiger partial charge in [-0.25, -0.2) is 0 Å². The Labute approximate surface area is 77.8 Å². The van der Waals surface area contributed by atoms with Gasteiger partial charge in [0.2, 0.25) is 0 Å². The second kappa shape index (κ2) is 3.87. The molecule has 2 nitrogen and oxygen atoms in total. The van der Waals surface area contributed by atoms with Crippen molar-refractivity contribution in [3.63, 3.8) is 0 Å². The molecule has 0 saturated heterocycles. The van der Waals surface area contributed by atoms with E-state index >= 15 is 0 Å². The Morgan fingerprint density at radius 3 is 2.83 bits per heavy atom. The number of nitrogens with two attached hydrogens (primary N) is 1. The monoisotopic (exact) mass is 184 g/mol. The van der Waals surface area contributed by atoms with Gasteiger partial charge in [0.25, 0.3) is 0 Å². The molecule has 1 rings (SSSR count). The van der Waals surface area contributed by atoms with Gasteiger partial charge in [0, 0.05) is 24.4 Å². The number of halogens is 1. The van der Waals surface area contributed by atoms with Gasteiger partial charge in [0.05, 0.1) is 5.02 Å². The molecule has 0 aliphatic heterocycles. The van der Waals surface area contributed by atoms with E-state index in [0.29, 0.717) is 17.5 Å². The topological polar surface area (TPSA) is 38.9 Å². The van der Waals surface area contributed by atoms with E-state index in [4.69, 9.17) is 17.3 Å². The predicted molar refractivity (Wildman–Crippen MR) is 51.5 cm³/mol. The number of aromatic nitrogens is 1. The number of hydrogen-bond donors (Lipinski definition) is 1. The summed E-state index contributed by atoms with van der Waals surface area (Å²) in [6, 6.07) is 1.99. The summed E-state index contributed by atoms with van der Waals surface area (Å²) in [6.07, 6.45) is 1.68. The third-order valence-corrected chi connectivity index (χ3v) is 2.32. The summed E-state index contributed by atoms with van der Waals surface area (Å²) in [7, 11) is 0. The lowest BCUT2D eigenvalue weighted by molar-refractivity contribution is 0.744. The average molecular weight is 185 g/mol. The lowest BCUT2D eigenvalue weighted by Crippen LogP contribution is -2.10. The second-order valence-electron chi connectivity index (χ2n) is 3.00. The van der Waals surface area contributed by atoms with Crippen molar-refractivity contribution in [3.8, 4) is 0 Å². The van der Waals surface area contributed by atoms with Gasteiger partial charge in [-0.15, -0.1) is 0 Å². The van der Waals surface area contributed by atoms with E-state index in [1.165, 1.54) is 0 Å². The second-order valence-corrected chi connectivity index (χ2v) is 3.40. The summed E-state index contributed by atoms with van der Waals surface area (Å²) in [6.45, 7) is 4.64. The molecule has 1 aromatic rings. The van der Waals surface area contributed by atoms with Crippen molar-refractivity contribution in [3.05, 3.63) is 28.5 Å². The fourth-order valence-corrected chi connectivity index (χ4v) is 1.05. The van der Waals surface area contributed by atoms with Gasteiger partial charge in [-0.2, -0.15) is 0 Å². The van der Waals surface area contributed by atoms with Crippen LogP contribution in [0.5, 0.6) is 0 Å². The van der Waals surface area contributed by atoms with Crippen molar-refractivity contribution in [2.24, 2.45) is 5.73 Å². The number of aryl methyl sites for hydroxylation is 1. The third-order valence-electron chi connectivity index (χ3n) is 1.93. The van der Waals surface area contributed by atoms with Crippen LogP contribution in [0, 0.1) is 6.92 Å². The molecule has 1 heterocycles. The highest BCUT2D eigenvalue weighted by atomic mass is 35.5. The molecular formula is C9H13ClN2. The minimum atomic E-state index is 0.306. The molecule has 0 spiro atoms. The summed E-state index contributed by atoms with van der Waals surface area (Å²) >= 11 is 5.83. The van der Waals surface area contributed by atoms with Crippen LogP contribution in [0.1, 0.15) is 24.1 Å². The summed E-state index contributed by atoms with van der Waals surface area (Å²) < 4.78 is 0. The first-order valence-electron chi connectivity index (χ1n) is 3.97. The van der Waals surface area contributed by atoms with Crippen LogP contribution in [-0.2, 0) is 0 Å². The molecule has 0 aromatic carbocycles. The smallest absolute Gasteiger partial charge is 0.0618 e. The molecule has 1 atom stereocenters. The van der Waals surface area contributed by atoms with Crippen LogP contribution < -0.4 is 5.73 Å². The lowest BCUT2D eigenvalue weighted by atomic mass is 10.1. The number of nitrogens with zero attached hydrogens (tertiary/aromatic N) is 1. The van der Waals surface area contributed by atoms with E-state index < -0.39 is 0 Å². The fraction of sp³-hybridized carbons (Fsp3) is 0.444.